The Bertz CT molecular complexity index is 709. The van der Waals surface area contributed by atoms with Gasteiger partial charge in [0, 0.05) is 21.7 Å². The summed E-state index contributed by atoms with van der Waals surface area (Å²) in [4.78, 5) is 13.3. The van der Waals surface area contributed by atoms with Crippen LogP contribution in [0.2, 0.25) is 0 Å². The van der Waals surface area contributed by atoms with Crippen LogP contribution in [0, 0.1) is 0 Å². The van der Waals surface area contributed by atoms with Crippen molar-refractivity contribution in [2.45, 2.75) is 6.54 Å². The lowest BCUT2D eigenvalue weighted by Gasteiger charge is -2.22. The third kappa shape index (κ3) is 3.26. The molecular formula is C17H14BrClNO+. The van der Waals surface area contributed by atoms with E-state index < -0.39 is 0 Å². The number of carbonyl (C=O) groups is 1. The Labute approximate surface area is 137 Å². The Morgan fingerprint density at radius 3 is 2.62 bits per heavy atom. The number of hydrogen-bond acceptors (Lipinski definition) is 1. The minimum Gasteiger partial charge on any atom is -0.288 e. The monoisotopic (exact) mass is 362 g/mol. The molecule has 2 aromatic carbocycles. The predicted octanol–water partition coefficient (Wildman–Crippen LogP) is 3.27. The number of carbonyl (C=O) groups excluding carboxylic acids is 1. The molecule has 0 amide bonds. The van der Waals surface area contributed by atoms with Gasteiger partial charge in [-0.25, -0.2) is 0 Å². The van der Waals surface area contributed by atoms with Crippen molar-refractivity contribution < 1.29 is 9.69 Å². The average Bonchev–Trinajstić information content (AvgIpc) is 2.48. The highest BCUT2D eigenvalue weighted by molar-refractivity contribution is 9.10. The topological polar surface area (TPSA) is 21.5 Å². The molecule has 0 saturated heterocycles. The van der Waals surface area contributed by atoms with E-state index in [0.717, 1.165) is 21.5 Å². The Hall–Kier alpha value is -1.42. The molecule has 1 aliphatic rings. The maximum Gasteiger partial charge on any atom is 0.217 e. The van der Waals surface area contributed by atoms with Gasteiger partial charge in [-0.3, -0.25) is 9.69 Å². The fourth-order valence-electron chi connectivity index (χ4n) is 2.47. The summed E-state index contributed by atoms with van der Waals surface area (Å²) in [5.74, 6) is 0.100. The number of nitrogens with one attached hydrogen (secondary N) is 1. The standard InChI is InChI=1S/C17H13BrClNO/c18-15-7-5-12(6-8-15)16(21)11-20-10-14-4-2-1-3-13(14)9-17(20)19/h1-9H,10-11H2/p+1. The molecule has 0 aliphatic carbocycles. The first-order chi connectivity index (χ1) is 10.1. The lowest BCUT2D eigenvalue weighted by molar-refractivity contribution is -0.858. The number of hydrogen-bond donors (Lipinski definition) is 1. The quantitative estimate of drug-likeness (QED) is 0.656. The molecule has 2 nitrogen and oxygen atoms in total. The van der Waals surface area contributed by atoms with Crippen molar-refractivity contribution in [1.82, 2.24) is 0 Å². The number of ketones is 1. The summed E-state index contributed by atoms with van der Waals surface area (Å²) < 4.78 is 0.969. The molecule has 0 bridgehead atoms. The molecule has 1 unspecified atom stereocenters. The first kappa shape index (κ1) is 14.5. The van der Waals surface area contributed by atoms with E-state index in [9.17, 15) is 4.79 Å². The number of Topliss-reactive ketones (excluding diaryl/α,β-unsaturated/α-hetero) is 1. The van der Waals surface area contributed by atoms with E-state index in [2.05, 4.69) is 22.0 Å². The summed E-state index contributed by atoms with van der Waals surface area (Å²) in [6.07, 6.45) is 1.95. The Morgan fingerprint density at radius 1 is 1.14 bits per heavy atom. The second kappa shape index (κ2) is 6.14. The molecule has 0 radical (unpaired) electrons. The molecule has 0 spiro atoms. The Balaban J connectivity index is 1.77. The summed E-state index contributed by atoms with van der Waals surface area (Å²) in [6, 6.07) is 15.6. The van der Waals surface area contributed by atoms with E-state index in [-0.39, 0.29) is 5.78 Å². The minimum atomic E-state index is 0.100. The van der Waals surface area contributed by atoms with Crippen LogP contribution >= 0.6 is 27.5 Å². The van der Waals surface area contributed by atoms with E-state index in [0.29, 0.717) is 17.3 Å². The fraction of sp³-hybridized carbons (Fsp3) is 0.118. The maximum atomic E-state index is 12.4. The zero-order chi connectivity index (χ0) is 14.8. The third-order valence-electron chi connectivity index (χ3n) is 3.62. The van der Waals surface area contributed by atoms with Crippen molar-refractivity contribution in [2.75, 3.05) is 6.54 Å². The van der Waals surface area contributed by atoms with Crippen LogP contribution < -0.4 is 4.90 Å². The molecule has 1 heterocycles. The first-order valence-corrected chi connectivity index (χ1v) is 7.89. The molecule has 1 aliphatic heterocycles. The number of fused-ring (bicyclic) bond motifs is 1. The Morgan fingerprint density at radius 2 is 1.86 bits per heavy atom. The van der Waals surface area contributed by atoms with Gasteiger partial charge in [0.05, 0.1) is 0 Å². The average molecular weight is 364 g/mol. The van der Waals surface area contributed by atoms with Gasteiger partial charge in [-0.2, -0.15) is 0 Å². The normalized spacial score (nSPS) is 17.0. The second-order valence-electron chi connectivity index (χ2n) is 5.08. The highest BCUT2D eigenvalue weighted by atomic mass is 79.9. The zero-order valence-corrected chi connectivity index (χ0v) is 13.6. The van der Waals surface area contributed by atoms with Crippen molar-refractivity contribution in [3.05, 3.63) is 74.9 Å². The van der Waals surface area contributed by atoms with Crippen LogP contribution in [-0.4, -0.2) is 12.3 Å². The van der Waals surface area contributed by atoms with Crippen LogP contribution in [0.25, 0.3) is 6.08 Å². The zero-order valence-electron chi connectivity index (χ0n) is 11.3. The molecule has 106 valence electrons. The number of halogens is 2. The van der Waals surface area contributed by atoms with E-state index >= 15 is 0 Å². The van der Waals surface area contributed by atoms with Crippen molar-refractivity contribution in [2.24, 2.45) is 0 Å². The molecule has 0 aromatic heterocycles. The van der Waals surface area contributed by atoms with Gasteiger partial charge in [0.15, 0.2) is 0 Å². The number of rotatable bonds is 3. The third-order valence-corrected chi connectivity index (χ3v) is 4.52. The van der Waals surface area contributed by atoms with Gasteiger partial charge >= 0.3 is 0 Å². The molecule has 0 fully saturated rings. The van der Waals surface area contributed by atoms with E-state index in [1.807, 2.05) is 48.5 Å². The highest BCUT2D eigenvalue weighted by Crippen LogP contribution is 2.16. The van der Waals surface area contributed by atoms with E-state index in [1.54, 1.807) is 0 Å². The van der Waals surface area contributed by atoms with Gasteiger partial charge in [0.1, 0.15) is 13.1 Å². The summed E-state index contributed by atoms with van der Waals surface area (Å²) in [6.45, 7) is 1.11. The van der Waals surface area contributed by atoms with Gasteiger partial charge in [0.25, 0.3) is 0 Å². The van der Waals surface area contributed by atoms with Crippen LogP contribution in [0.3, 0.4) is 0 Å². The molecule has 0 saturated carbocycles. The summed E-state index contributed by atoms with van der Waals surface area (Å²) in [5, 5.41) is 0.694. The van der Waals surface area contributed by atoms with E-state index in [4.69, 9.17) is 11.6 Å². The summed E-state index contributed by atoms with van der Waals surface area (Å²) >= 11 is 9.71. The van der Waals surface area contributed by atoms with Gasteiger partial charge in [-0.15, -0.1) is 0 Å². The lowest BCUT2D eigenvalue weighted by atomic mass is 10.0. The van der Waals surface area contributed by atoms with E-state index in [1.165, 1.54) is 5.56 Å². The van der Waals surface area contributed by atoms with Crippen LogP contribution in [0.5, 0.6) is 0 Å². The molecule has 1 N–H and O–H groups in total. The summed E-state index contributed by atoms with van der Waals surface area (Å²) in [5.41, 5.74) is 3.08. The maximum absolute atomic E-state index is 12.4. The van der Waals surface area contributed by atoms with Gasteiger partial charge in [-0.1, -0.05) is 52.3 Å². The van der Waals surface area contributed by atoms with Crippen molar-refractivity contribution in [1.29, 1.82) is 0 Å². The minimum absolute atomic E-state index is 0.100. The Kier molecular flexibility index (Phi) is 4.24. The van der Waals surface area contributed by atoms with Gasteiger partial charge < -0.3 is 0 Å². The summed E-state index contributed by atoms with van der Waals surface area (Å²) in [7, 11) is 0. The van der Waals surface area contributed by atoms with Gasteiger partial charge in [0.2, 0.25) is 10.9 Å². The lowest BCUT2D eigenvalue weighted by Crippen LogP contribution is -3.09. The number of quaternary nitrogens is 1. The SMILES string of the molecule is O=C(C[NH+]1Cc2ccccc2C=C1Cl)c1ccc(Br)cc1. The van der Waals surface area contributed by atoms with Crippen LogP contribution in [0.1, 0.15) is 21.5 Å². The van der Waals surface area contributed by atoms with Crippen LogP contribution in [-0.2, 0) is 6.54 Å². The highest BCUT2D eigenvalue weighted by Gasteiger charge is 2.24. The van der Waals surface area contributed by atoms with Crippen molar-refractivity contribution >= 4 is 39.4 Å². The second-order valence-corrected chi connectivity index (χ2v) is 6.40. The molecule has 21 heavy (non-hydrogen) atoms. The number of benzene rings is 2. The van der Waals surface area contributed by atoms with Crippen molar-refractivity contribution in [3.63, 3.8) is 0 Å². The molecule has 4 heteroatoms. The molecule has 1 atom stereocenters. The molecule has 3 rings (SSSR count). The van der Waals surface area contributed by atoms with Crippen molar-refractivity contribution in [3.8, 4) is 0 Å². The molecule has 2 aromatic rings. The largest absolute Gasteiger partial charge is 0.288 e. The smallest absolute Gasteiger partial charge is 0.217 e. The van der Waals surface area contributed by atoms with Gasteiger partial charge in [-0.05, 0) is 29.3 Å². The van der Waals surface area contributed by atoms with Crippen LogP contribution in [0.4, 0.5) is 0 Å². The fourth-order valence-corrected chi connectivity index (χ4v) is 2.98. The predicted molar refractivity (Wildman–Crippen MR) is 88.3 cm³/mol. The van der Waals surface area contributed by atoms with Crippen LogP contribution in [0.15, 0.2) is 58.2 Å². The first-order valence-electron chi connectivity index (χ1n) is 6.72. The molecular weight excluding hydrogens is 350 g/mol.